The van der Waals surface area contributed by atoms with Crippen molar-refractivity contribution in [3.8, 4) is 0 Å². The molecule has 0 saturated carbocycles. The summed E-state index contributed by atoms with van der Waals surface area (Å²) in [5.74, 6) is -4.20. The molecule has 4 unspecified atom stereocenters. The van der Waals surface area contributed by atoms with Gasteiger partial charge in [-0.3, -0.25) is 19.3 Å². The highest BCUT2D eigenvalue weighted by molar-refractivity contribution is 6.10. The second kappa shape index (κ2) is 10.9. The second-order valence-electron chi connectivity index (χ2n) is 9.27. The van der Waals surface area contributed by atoms with Crippen molar-refractivity contribution in [1.82, 2.24) is 4.90 Å². The number of ketones is 1. The minimum Gasteiger partial charge on any atom is -0.468 e. The molecule has 0 bridgehead atoms. The molecule has 3 aromatic carbocycles. The van der Waals surface area contributed by atoms with Gasteiger partial charge in [0.1, 0.15) is 11.8 Å². The van der Waals surface area contributed by atoms with Gasteiger partial charge in [-0.1, -0.05) is 90.0 Å². The Morgan fingerprint density at radius 1 is 0.694 bits per heavy atom. The first-order valence-electron chi connectivity index (χ1n) is 12.0. The lowest BCUT2D eigenvalue weighted by Gasteiger charge is -2.48. The predicted molar refractivity (Wildman–Crippen MR) is 136 cm³/mol. The number of hydrogen-bond acceptors (Lipinski definition) is 6. The lowest BCUT2D eigenvalue weighted by atomic mass is 9.72. The molecule has 6 heteroatoms. The largest absolute Gasteiger partial charge is 0.468 e. The van der Waals surface area contributed by atoms with Crippen molar-refractivity contribution in [2.75, 3.05) is 14.2 Å². The van der Waals surface area contributed by atoms with Crippen LogP contribution >= 0.6 is 0 Å². The molecule has 0 aromatic heterocycles. The van der Waals surface area contributed by atoms with E-state index >= 15 is 0 Å². The van der Waals surface area contributed by atoms with E-state index in [1.165, 1.54) is 14.2 Å². The fourth-order valence-corrected chi connectivity index (χ4v) is 5.09. The predicted octanol–water partition coefficient (Wildman–Crippen LogP) is 4.75. The van der Waals surface area contributed by atoms with Gasteiger partial charge in [0.05, 0.1) is 26.3 Å². The van der Waals surface area contributed by atoms with Crippen molar-refractivity contribution in [2.45, 2.75) is 32.5 Å². The minimum absolute atomic E-state index is 0.409. The molecule has 1 heterocycles. The molecule has 36 heavy (non-hydrogen) atoms. The zero-order chi connectivity index (χ0) is 25.8. The van der Waals surface area contributed by atoms with Crippen LogP contribution in [0.2, 0.25) is 0 Å². The quantitative estimate of drug-likeness (QED) is 0.371. The summed E-state index contributed by atoms with van der Waals surface area (Å²) in [6.07, 6.45) is 0. The summed E-state index contributed by atoms with van der Waals surface area (Å²) >= 11 is 0. The molecule has 1 aliphatic rings. The standard InChI is InChI=1S/C30H31NO5/c1-19-10-14-22(15-11-19)26-24(29(33)35-3)28(32)25(30(34)36-4)27(23-16-12-20(2)13-17-23)31(26)18-21-8-6-5-7-9-21/h5-17,24-27H,18H2,1-4H3. The van der Waals surface area contributed by atoms with Crippen LogP contribution in [0.3, 0.4) is 0 Å². The Hall–Kier alpha value is -3.77. The number of rotatable bonds is 6. The number of aryl methyl sites for hydroxylation is 2. The molecule has 0 radical (unpaired) electrons. The maximum atomic E-state index is 14.0. The molecule has 186 valence electrons. The highest BCUT2D eigenvalue weighted by atomic mass is 16.5. The van der Waals surface area contributed by atoms with Crippen LogP contribution in [0.4, 0.5) is 0 Å². The molecule has 0 N–H and O–H groups in total. The highest BCUT2D eigenvalue weighted by Crippen LogP contribution is 2.48. The number of benzene rings is 3. The first kappa shape index (κ1) is 25.3. The van der Waals surface area contributed by atoms with Gasteiger partial charge >= 0.3 is 11.9 Å². The molecule has 4 atom stereocenters. The third-order valence-corrected chi connectivity index (χ3v) is 6.92. The van der Waals surface area contributed by atoms with E-state index in [1.54, 1.807) is 0 Å². The summed E-state index contributed by atoms with van der Waals surface area (Å²) in [7, 11) is 2.53. The van der Waals surface area contributed by atoms with Crippen molar-refractivity contribution in [1.29, 1.82) is 0 Å². The van der Waals surface area contributed by atoms with E-state index in [4.69, 9.17) is 9.47 Å². The fraction of sp³-hybridized carbons (Fsp3) is 0.300. The molecule has 0 spiro atoms. The monoisotopic (exact) mass is 485 g/mol. The molecule has 1 saturated heterocycles. The van der Waals surface area contributed by atoms with E-state index in [-0.39, 0.29) is 0 Å². The number of likely N-dealkylation sites (tertiary alicyclic amines) is 1. The highest BCUT2D eigenvalue weighted by Gasteiger charge is 2.55. The molecule has 6 nitrogen and oxygen atoms in total. The van der Waals surface area contributed by atoms with E-state index in [0.717, 1.165) is 27.8 Å². The number of esters is 2. The van der Waals surface area contributed by atoms with Crippen LogP contribution in [0.5, 0.6) is 0 Å². The van der Waals surface area contributed by atoms with E-state index < -0.39 is 41.6 Å². The van der Waals surface area contributed by atoms with Gasteiger partial charge in [0, 0.05) is 6.54 Å². The van der Waals surface area contributed by atoms with E-state index in [0.29, 0.717) is 6.54 Å². The van der Waals surface area contributed by atoms with E-state index in [1.807, 2.05) is 92.7 Å². The maximum absolute atomic E-state index is 14.0. The molecule has 0 aliphatic carbocycles. The summed E-state index contributed by atoms with van der Waals surface area (Å²) in [6, 6.07) is 24.1. The second-order valence-corrected chi connectivity index (χ2v) is 9.27. The SMILES string of the molecule is COC(=O)C1C(=O)C(C(=O)OC)C(c2ccc(C)cc2)N(Cc2ccccc2)C1c1ccc(C)cc1. The van der Waals surface area contributed by atoms with Gasteiger partial charge in [-0.05, 0) is 30.5 Å². The smallest absolute Gasteiger partial charge is 0.318 e. The number of hydrogen-bond donors (Lipinski definition) is 0. The minimum atomic E-state index is -1.19. The average Bonchev–Trinajstić information content (AvgIpc) is 2.90. The summed E-state index contributed by atoms with van der Waals surface area (Å²) in [6.45, 7) is 4.38. The van der Waals surface area contributed by atoms with Gasteiger partial charge in [0.15, 0.2) is 5.78 Å². The van der Waals surface area contributed by atoms with Gasteiger partial charge in [-0.25, -0.2) is 0 Å². The summed E-state index contributed by atoms with van der Waals surface area (Å²) in [5, 5.41) is 0. The van der Waals surface area contributed by atoms with Crippen molar-refractivity contribution in [3.63, 3.8) is 0 Å². The van der Waals surface area contributed by atoms with E-state index in [2.05, 4.69) is 4.90 Å². The number of carbonyl (C=O) groups is 3. The van der Waals surface area contributed by atoms with Crippen molar-refractivity contribution < 1.29 is 23.9 Å². The number of piperidine rings is 1. The fourth-order valence-electron chi connectivity index (χ4n) is 5.09. The molecule has 4 rings (SSSR count). The first-order valence-corrected chi connectivity index (χ1v) is 12.0. The molecule has 1 fully saturated rings. The Kier molecular flexibility index (Phi) is 7.65. The number of nitrogens with zero attached hydrogens (tertiary/aromatic N) is 1. The Morgan fingerprint density at radius 3 is 1.50 bits per heavy atom. The van der Waals surface area contributed by atoms with Gasteiger partial charge in [0.25, 0.3) is 0 Å². The van der Waals surface area contributed by atoms with E-state index in [9.17, 15) is 14.4 Å². The molecule has 0 amide bonds. The summed E-state index contributed by atoms with van der Waals surface area (Å²) in [5.41, 5.74) is 4.73. The number of methoxy groups -OCH3 is 2. The zero-order valence-electron chi connectivity index (χ0n) is 21.0. The number of ether oxygens (including phenoxy) is 2. The Balaban J connectivity index is 1.97. The van der Waals surface area contributed by atoms with Crippen LogP contribution in [0.25, 0.3) is 0 Å². The zero-order valence-corrected chi connectivity index (χ0v) is 21.0. The normalized spacial score (nSPS) is 22.2. The lowest BCUT2D eigenvalue weighted by molar-refractivity contribution is -0.168. The van der Waals surface area contributed by atoms with Gasteiger partial charge in [-0.15, -0.1) is 0 Å². The molecule has 1 aliphatic heterocycles. The van der Waals surface area contributed by atoms with Crippen LogP contribution in [0.15, 0.2) is 78.9 Å². The van der Waals surface area contributed by atoms with Crippen LogP contribution in [0, 0.1) is 25.7 Å². The molecular weight excluding hydrogens is 454 g/mol. The van der Waals surface area contributed by atoms with Gasteiger partial charge in [0.2, 0.25) is 0 Å². The van der Waals surface area contributed by atoms with Crippen molar-refractivity contribution >= 4 is 17.7 Å². The first-order chi connectivity index (χ1) is 17.3. The topological polar surface area (TPSA) is 72.9 Å². The molecule has 3 aromatic rings. The third-order valence-electron chi connectivity index (χ3n) is 6.92. The summed E-state index contributed by atoms with van der Waals surface area (Å²) < 4.78 is 10.2. The summed E-state index contributed by atoms with van der Waals surface area (Å²) in [4.78, 5) is 42.4. The lowest BCUT2D eigenvalue weighted by Crippen LogP contribution is -2.55. The van der Waals surface area contributed by atoms with Gasteiger partial charge in [-0.2, -0.15) is 0 Å². The molecular formula is C30H31NO5. The third kappa shape index (κ3) is 4.95. The van der Waals surface area contributed by atoms with Crippen molar-refractivity contribution in [3.05, 3.63) is 107 Å². The van der Waals surface area contributed by atoms with Crippen LogP contribution in [-0.4, -0.2) is 36.8 Å². The van der Waals surface area contributed by atoms with Crippen molar-refractivity contribution in [2.24, 2.45) is 11.8 Å². The maximum Gasteiger partial charge on any atom is 0.318 e. The number of Topliss-reactive ketones (excluding diaryl/α,β-unsaturated/α-hetero) is 1. The van der Waals surface area contributed by atoms with Crippen LogP contribution in [0.1, 0.15) is 39.9 Å². The number of carbonyl (C=O) groups excluding carboxylic acids is 3. The Morgan fingerprint density at radius 2 is 1.11 bits per heavy atom. The average molecular weight is 486 g/mol. The Bertz CT molecular complexity index is 1140. The van der Waals surface area contributed by atoms with Gasteiger partial charge < -0.3 is 9.47 Å². The van der Waals surface area contributed by atoms with Crippen LogP contribution < -0.4 is 0 Å². The Labute approximate surface area is 211 Å². The van der Waals surface area contributed by atoms with Crippen LogP contribution in [-0.2, 0) is 30.4 Å².